The van der Waals surface area contributed by atoms with E-state index in [9.17, 15) is 4.79 Å². The van der Waals surface area contributed by atoms with Crippen LogP contribution >= 0.6 is 15.9 Å². The number of halogens is 1. The van der Waals surface area contributed by atoms with Crippen molar-refractivity contribution in [2.45, 2.75) is 0 Å². The van der Waals surface area contributed by atoms with Gasteiger partial charge in [-0.2, -0.15) is 0 Å². The Morgan fingerprint density at radius 3 is 2.73 bits per heavy atom. The first kappa shape index (κ1) is 11.5. The summed E-state index contributed by atoms with van der Waals surface area (Å²) in [6, 6.07) is 4.98. The second-order valence-electron chi connectivity index (χ2n) is 2.63. The third-order valence-corrected chi connectivity index (χ3v) is 2.38. The van der Waals surface area contributed by atoms with Crippen molar-refractivity contribution in [3.8, 4) is 5.75 Å². The molecule has 1 aromatic carbocycles. The van der Waals surface area contributed by atoms with Gasteiger partial charge in [-0.1, -0.05) is 11.2 Å². The Bertz CT molecular complexity index is 418. The summed E-state index contributed by atoms with van der Waals surface area (Å²) in [6.07, 6.45) is 0. The van der Waals surface area contributed by atoms with Crippen molar-refractivity contribution in [2.75, 3.05) is 7.11 Å². The number of nitrogens with zero attached hydrogens (tertiary/aromatic N) is 1. The predicted octanol–water partition coefficient (Wildman–Crippen LogP) is 1.12. The summed E-state index contributed by atoms with van der Waals surface area (Å²) in [5.41, 5.74) is 5.14. The van der Waals surface area contributed by atoms with E-state index in [0.29, 0.717) is 15.8 Å². The number of oxime groups is 1. The molecule has 0 aliphatic carbocycles. The smallest absolute Gasteiger partial charge is 0.271 e. The summed E-state index contributed by atoms with van der Waals surface area (Å²) < 4.78 is 5.71. The van der Waals surface area contributed by atoms with Crippen LogP contribution in [-0.4, -0.2) is 23.9 Å². The monoisotopic (exact) mass is 272 g/mol. The fourth-order valence-corrected chi connectivity index (χ4v) is 1.67. The van der Waals surface area contributed by atoms with Gasteiger partial charge in [0.15, 0.2) is 5.71 Å². The highest BCUT2D eigenvalue weighted by Gasteiger charge is 2.17. The second kappa shape index (κ2) is 4.79. The summed E-state index contributed by atoms with van der Waals surface area (Å²) in [4.78, 5) is 11.0. The van der Waals surface area contributed by atoms with E-state index in [1.165, 1.54) is 7.11 Å². The van der Waals surface area contributed by atoms with E-state index < -0.39 is 5.91 Å². The lowest BCUT2D eigenvalue weighted by Crippen LogP contribution is -2.24. The maximum atomic E-state index is 11.0. The summed E-state index contributed by atoms with van der Waals surface area (Å²) in [7, 11) is 1.44. The first-order chi connectivity index (χ1) is 7.11. The highest BCUT2D eigenvalue weighted by molar-refractivity contribution is 9.10. The Balaban J connectivity index is 3.36. The predicted molar refractivity (Wildman–Crippen MR) is 58.2 cm³/mol. The molecule has 6 heteroatoms. The van der Waals surface area contributed by atoms with Gasteiger partial charge in [0, 0.05) is 0 Å². The first-order valence-electron chi connectivity index (χ1n) is 3.96. The molecular formula is C9H9BrN2O3. The summed E-state index contributed by atoms with van der Waals surface area (Å²) in [6.45, 7) is 0. The topological polar surface area (TPSA) is 84.9 Å². The minimum atomic E-state index is -0.825. The van der Waals surface area contributed by atoms with Crippen LogP contribution in [0.5, 0.6) is 5.75 Å². The van der Waals surface area contributed by atoms with Crippen molar-refractivity contribution in [3.63, 3.8) is 0 Å². The summed E-state index contributed by atoms with van der Waals surface area (Å²) in [5.74, 6) is -0.432. The molecule has 0 fully saturated rings. The zero-order valence-electron chi connectivity index (χ0n) is 7.90. The zero-order chi connectivity index (χ0) is 11.4. The van der Waals surface area contributed by atoms with E-state index in [4.69, 9.17) is 15.7 Å². The lowest BCUT2D eigenvalue weighted by atomic mass is 10.1. The van der Waals surface area contributed by atoms with E-state index in [0.717, 1.165) is 0 Å². The first-order valence-corrected chi connectivity index (χ1v) is 4.75. The van der Waals surface area contributed by atoms with Crippen LogP contribution in [0.3, 0.4) is 0 Å². The fraction of sp³-hybridized carbons (Fsp3) is 0.111. The summed E-state index contributed by atoms with van der Waals surface area (Å²) >= 11 is 3.24. The van der Waals surface area contributed by atoms with Gasteiger partial charge >= 0.3 is 0 Å². The second-order valence-corrected chi connectivity index (χ2v) is 3.49. The average molecular weight is 273 g/mol. The van der Waals surface area contributed by atoms with Gasteiger partial charge in [0.1, 0.15) is 5.75 Å². The van der Waals surface area contributed by atoms with Crippen molar-refractivity contribution >= 4 is 27.5 Å². The molecule has 1 aromatic rings. The van der Waals surface area contributed by atoms with Crippen LogP contribution in [0.25, 0.3) is 0 Å². The third-order valence-electron chi connectivity index (χ3n) is 1.76. The fourth-order valence-electron chi connectivity index (χ4n) is 1.14. The van der Waals surface area contributed by atoms with E-state index in [-0.39, 0.29) is 5.71 Å². The number of amides is 1. The SMILES string of the molecule is COc1c(Br)cccc1C(=NO)C(N)=O. The van der Waals surface area contributed by atoms with Crippen molar-refractivity contribution in [1.29, 1.82) is 0 Å². The van der Waals surface area contributed by atoms with Gasteiger partial charge in [0.25, 0.3) is 5.91 Å². The maximum absolute atomic E-state index is 11.0. The number of carbonyl (C=O) groups excluding carboxylic acids is 1. The molecule has 0 aliphatic rings. The van der Waals surface area contributed by atoms with Crippen LogP contribution in [-0.2, 0) is 4.79 Å². The van der Waals surface area contributed by atoms with Gasteiger partial charge in [0.05, 0.1) is 17.1 Å². The van der Waals surface area contributed by atoms with Gasteiger partial charge in [-0.25, -0.2) is 0 Å². The highest BCUT2D eigenvalue weighted by atomic mass is 79.9. The number of ether oxygens (including phenoxy) is 1. The molecule has 3 N–H and O–H groups in total. The number of hydrogen-bond donors (Lipinski definition) is 2. The number of nitrogens with two attached hydrogens (primary N) is 1. The molecule has 0 bridgehead atoms. The van der Waals surface area contributed by atoms with Gasteiger partial charge in [-0.3, -0.25) is 4.79 Å². The zero-order valence-corrected chi connectivity index (χ0v) is 9.48. The number of hydrogen-bond acceptors (Lipinski definition) is 4. The van der Waals surface area contributed by atoms with Crippen LogP contribution < -0.4 is 10.5 Å². The maximum Gasteiger partial charge on any atom is 0.271 e. The minimum Gasteiger partial charge on any atom is -0.495 e. The summed E-state index contributed by atoms with van der Waals surface area (Å²) in [5, 5.41) is 11.5. The molecule has 0 unspecified atom stereocenters. The Kier molecular flexibility index (Phi) is 3.68. The van der Waals surface area contributed by atoms with Gasteiger partial charge in [-0.05, 0) is 28.1 Å². The van der Waals surface area contributed by atoms with Crippen LogP contribution in [0.2, 0.25) is 0 Å². The van der Waals surface area contributed by atoms with E-state index in [2.05, 4.69) is 21.1 Å². The molecule has 0 aliphatic heterocycles. The number of primary amides is 1. The highest BCUT2D eigenvalue weighted by Crippen LogP contribution is 2.29. The molecule has 0 saturated heterocycles. The van der Waals surface area contributed by atoms with Crippen molar-refractivity contribution < 1.29 is 14.7 Å². The van der Waals surface area contributed by atoms with E-state index in [1.54, 1.807) is 18.2 Å². The number of para-hydroxylation sites is 1. The Morgan fingerprint density at radius 1 is 1.60 bits per heavy atom. The Hall–Kier alpha value is -1.56. The number of methoxy groups -OCH3 is 1. The molecule has 1 amide bonds. The third kappa shape index (κ3) is 2.27. The number of rotatable bonds is 3. The lowest BCUT2D eigenvalue weighted by molar-refractivity contribution is -0.112. The van der Waals surface area contributed by atoms with Crippen LogP contribution in [0.4, 0.5) is 0 Å². The molecule has 15 heavy (non-hydrogen) atoms. The van der Waals surface area contributed by atoms with Gasteiger partial charge < -0.3 is 15.7 Å². The van der Waals surface area contributed by atoms with Crippen molar-refractivity contribution in [2.24, 2.45) is 10.9 Å². The molecule has 0 spiro atoms. The quantitative estimate of drug-likeness (QED) is 0.491. The van der Waals surface area contributed by atoms with Gasteiger partial charge in [-0.15, -0.1) is 0 Å². The van der Waals surface area contributed by atoms with Crippen LogP contribution in [0, 0.1) is 0 Å². The molecular weight excluding hydrogens is 264 g/mol. The van der Waals surface area contributed by atoms with Crippen LogP contribution in [0.15, 0.2) is 27.8 Å². The number of benzene rings is 1. The Morgan fingerprint density at radius 2 is 2.27 bits per heavy atom. The Labute approximate surface area is 94.7 Å². The normalized spacial score (nSPS) is 11.2. The molecule has 1 rings (SSSR count). The molecule has 0 aromatic heterocycles. The van der Waals surface area contributed by atoms with Crippen molar-refractivity contribution in [3.05, 3.63) is 28.2 Å². The molecule has 5 nitrogen and oxygen atoms in total. The van der Waals surface area contributed by atoms with Crippen molar-refractivity contribution in [1.82, 2.24) is 0 Å². The molecule has 80 valence electrons. The molecule has 0 saturated carbocycles. The molecule has 0 heterocycles. The standard InChI is InChI=1S/C9H9BrN2O3/c1-15-8-5(3-2-4-6(8)10)7(12-14)9(11)13/h2-4,14H,1H3,(H2,11,13). The van der Waals surface area contributed by atoms with Gasteiger partial charge in [0.2, 0.25) is 0 Å². The average Bonchev–Trinajstić information content (AvgIpc) is 2.18. The van der Waals surface area contributed by atoms with Crippen LogP contribution in [0.1, 0.15) is 5.56 Å². The largest absolute Gasteiger partial charge is 0.495 e. The molecule has 0 atom stereocenters. The molecule has 0 radical (unpaired) electrons. The van der Waals surface area contributed by atoms with E-state index >= 15 is 0 Å². The minimum absolute atomic E-state index is 0.242. The van der Waals surface area contributed by atoms with E-state index in [1.807, 2.05) is 0 Å². The number of carbonyl (C=O) groups is 1. The lowest BCUT2D eigenvalue weighted by Gasteiger charge is -2.09.